The monoisotopic (exact) mass is 398 g/mol. The third-order valence-electron chi connectivity index (χ3n) is 5.26. The molecule has 0 N–H and O–H groups in total. The Morgan fingerprint density at radius 2 is 1.54 bits per heavy atom. The van der Waals surface area contributed by atoms with E-state index in [4.69, 9.17) is 4.74 Å². The van der Waals surface area contributed by atoms with Gasteiger partial charge in [-0.3, -0.25) is 4.79 Å². The highest BCUT2D eigenvalue weighted by molar-refractivity contribution is 7.74. The standard InChI is InChI=1S/C24H31O3P/c1-18(2)23(21(17-22(25)27-6)19-13-9-7-10-14-19)28(26,24(3,4)5)20-15-11-8-12-16-20/h7-16,21,23H,1,17H2,2-6H3/t21-,23+,28?/m0/s1. The van der Waals surface area contributed by atoms with Gasteiger partial charge in [-0.25, -0.2) is 0 Å². The van der Waals surface area contributed by atoms with Crippen molar-refractivity contribution in [1.82, 2.24) is 0 Å². The number of allylic oxidation sites excluding steroid dienone is 1. The van der Waals surface area contributed by atoms with E-state index >= 15 is 0 Å². The molecule has 0 aliphatic rings. The maximum Gasteiger partial charge on any atom is 0.306 e. The van der Waals surface area contributed by atoms with Gasteiger partial charge in [0.2, 0.25) is 0 Å². The molecule has 0 saturated carbocycles. The zero-order valence-electron chi connectivity index (χ0n) is 17.5. The summed E-state index contributed by atoms with van der Waals surface area (Å²) in [6, 6.07) is 19.4. The molecule has 150 valence electrons. The molecule has 0 bridgehead atoms. The predicted molar refractivity (Wildman–Crippen MR) is 118 cm³/mol. The number of benzene rings is 2. The summed E-state index contributed by atoms with van der Waals surface area (Å²) in [7, 11) is -1.63. The first-order valence-corrected chi connectivity index (χ1v) is 11.3. The van der Waals surface area contributed by atoms with E-state index in [1.807, 2.05) is 88.4 Å². The Morgan fingerprint density at radius 3 is 1.96 bits per heavy atom. The molecule has 1 unspecified atom stereocenters. The summed E-state index contributed by atoms with van der Waals surface area (Å²) in [5.74, 6) is -0.593. The van der Waals surface area contributed by atoms with E-state index in [0.717, 1.165) is 16.4 Å². The van der Waals surface area contributed by atoms with E-state index < -0.39 is 12.3 Å². The van der Waals surface area contributed by atoms with Crippen LogP contribution in [0.2, 0.25) is 0 Å². The molecule has 2 aromatic carbocycles. The van der Waals surface area contributed by atoms with E-state index in [9.17, 15) is 9.36 Å². The molecule has 0 aliphatic carbocycles. The second-order valence-electron chi connectivity index (χ2n) is 8.25. The van der Waals surface area contributed by atoms with Crippen molar-refractivity contribution >= 4 is 18.4 Å². The van der Waals surface area contributed by atoms with Crippen molar-refractivity contribution in [3.8, 4) is 0 Å². The lowest BCUT2D eigenvalue weighted by Crippen LogP contribution is -2.36. The molecule has 4 heteroatoms. The summed E-state index contributed by atoms with van der Waals surface area (Å²) in [5, 5.41) is 0.322. The lowest BCUT2D eigenvalue weighted by molar-refractivity contribution is -0.141. The smallest absolute Gasteiger partial charge is 0.306 e. The van der Waals surface area contributed by atoms with Crippen molar-refractivity contribution in [1.29, 1.82) is 0 Å². The van der Waals surface area contributed by atoms with Crippen LogP contribution < -0.4 is 5.30 Å². The molecule has 28 heavy (non-hydrogen) atoms. The van der Waals surface area contributed by atoms with Crippen LogP contribution in [0.5, 0.6) is 0 Å². The van der Waals surface area contributed by atoms with Crippen LogP contribution in [0, 0.1) is 0 Å². The van der Waals surface area contributed by atoms with Crippen LogP contribution >= 0.6 is 7.14 Å². The number of hydrogen-bond donors (Lipinski definition) is 0. The molecule has 0 spiro atoms. The van der Waals surface area contributed by atoms with Crippen LogP contribution in [0.1, 0.15) is 45.6 Å². The summed E-state index contributed by atoms with van der Waals surface area (Å²) in [5.41, 5.74) is 1.41. The Bertz CT molecular complexity index is 850. The van der Waals surface area contributed by atoms with Gasteiger partial charge in [-0.15, -0.1) is 0 Å². The Hall–Kier alpha value is -2.12. The molecule has 0 aliphatic heterocycles. The van der Waals surface area contributed by atoms with Gasteiger partial charge in [0.15, 0.2) is 0 Å². The molecule has 3 atom stereocenters. The second-order valence-corrected chi connectivity index (χ2v) is 12.0. The highest BCUT2D eigenvalue weighted by Gasteiger charge is 2.49. The minimum Gasteiger partial charge on any atom is -0.469 e. The van der Waals surface area contributed by atoms with Gasteiger partial charge in [0.05, 0.1) is 13.5 Å². The third kappa shape index (κ3) is 4.47. The molecular weight excluding hydrogens is 367 g/mol. The molecule has 0 saturated heterocycles. The fraction of sp³-hybridized carbons (Fsp3) is 0.375. The lowest BCUT2D eigenvalue weighted by Gasteiger charge is -2.42. The minimum absolute atomic E-state index is 0.158. The van der Waals surface area contributed by atoms with Gasteiger partial charge in [-0.2, -0.15) is 0 Å². The van der Waals surface area contributed by atoms with Crippen molar-refractivity contribution in [2.45, 2.75) is 50.8 Å². The van der Waals surface area contributed by atoms with Crippen LogP contribution in [0.3, 0.4) is 0 Å². The van der Waals surface area contributed by atoms with Crippen LogP contribution in [0.4, 0.5) is 0 Å². The molecule has 2 aromatic rings. The molecule has 3 nitrogen and oxygen atoms in total. The highest BCUT2D eigenvalue weighted by atomic mass is 31.2. The quantitative estimate of drug-likeness (QED) is 0.338. The molecule has 0 aromatic heterocycles. The number of carbonyl (C=O) groups is 1. The fourth-order valence-electron chi connectivity index (χ4n) is 3.90. The maximum absolute atomic E-state index is 14.8. The topological polar surface area (TPSA) is 43.4 Å². The van der Waals surface area contributed by atoms with E-state index in [1.165, 1.54) is 7.11 Å². The summed E-state index contributed by atoms with van der Waals surface area (Å²) in [6.07, 6.45) is 0.158. The van der Waals surface area contributed by atoms with E-state index in [-0.39, 0.29) is 24.0 Å². The van der Waals surface area contributed by atoms with E-state index in [1.54, 1.807) is 0 Å². The zero-order valence-corrected chi connectivity index (χ0v) is 18.4. The van der Waals surface area contributed by atoms with Crippen molar-refractivity contribution < 1.29 is 14.1 Å². The van der Waals surface area contributed by atoms with Crippen LogP contribution in [0.15, 0.2) is 72.8 Å². The first-order valence-electron chi connectivity index (χ1n) is 9.55. The average Bonchev–Trinajstić information content (AvgIpc) is 2.67. The van der Waals surface area contributed by atoms with Gasteiger partial charge in [0.1, 0.15) is 7.14 Å². The number of hydrogen-bond acceptors (Lipinski definition) is 3. The normalized spacial score (nSPS) is 15.9. The molecule has 0 amide bonds. The molecule has 0 heterocycles. The van der Waals surface area contributed by atoms with Gasteiger partial charge in [-0.1, -0.05) is 93.6 Å². The van der Waals surface area contributed by atoms with Crippen molar-refractivity contribution in [3.05, 3.63) is 78.4 Å². The minimum atomic E-state index is -3.02. The second kappa shape index (κ2) is 8.92. The van der Waals surface area contributed by atoms with Crippen molar-refractivity contribution in [2.75, 3.05) is 7.11 Å². The Kier molecular flexibility index (Phi) is 7.06. The molecular formula is C24H31O3P. The summed E-state index contributed by atoms with van der Waals surface area (Å²) >= 11 is 0. The predicted octanol–water partition coefficient (Wildman–Crippen LogP) is 5.77. The first kappa shape index (κ1) is 22.2. The van der Waals surface area contributed by atoms with Crippen LogP contribution in [-0.2, 0) is 14.1 Å². The van der Waals surface area contributed by atoms with E-state index in [2.05, 4.69) is 6.58 Å². The number of carbonyl (C=O) groups excluding carboxylic acids is 1. The summed E-state index contributed by atoms with van der Waals surface area (Å²) in [4.78, 5) is 12.3. The van der Waals surface area contributed by atoms with Gasteiger partial charge in [-0.05, 0) is 12.5 Å². The summed E-state index contributed by atoms with van der Waals surface area (Å²) in [6.45, 7) is 12.2. The molecule has 0 radical (unpaired) electrons. The van der Waals surface area contributed by atoms with Gasteiger partial charge < -0.3 is 9.30 Å². The van der Waals surface area contributed by atoms with Crippen LogP contribution in [0.25, 0.3) is 0 Å². The average molecular weight is 398 g/mol. The molecule has 2 rings (SSSR count). The number of ether oxygens (including phenoxy) is 1. The Balaban J connectivity index is 2.74. The number of esters is 1. The van der Waals surface area contributed by atoms with Crippen LogP contribution in [-0.4, -0.2) is 23.9 Å². The molecule has 0 fully saturated rings. The number of methoxy groups -OCH3 is 1. The van der Waals surface area contributed by atoms with E-state index in [0.29, 0.717) is 0 Å². The fourth-order valence-corrected chi connectivity index (χ4v) is 7.85. The van der Waals surface area contributed by atoms with Gasteiger partial charge in [0.25, 0.3) is 0 Å². The van der Waals surface area contributed by atoms with Crippen molar-refractivity contribution in [3.63, 3.8) is 0 Å². The first-order chi connectivity index (χ1) is 13.1. The van der Waals surface area contributed by atoms with Crippen molar-refractivity contribution in [2.24, 2.45) is 0 Å². The van der Waals surface area contributed by atoms with Gasteiger partial charge >= 0.3 is 5.97 Å². The zero-order chi connectivity index (χ0) is 20.9. The highest BCUT2D eigenvalue weighted by Crippen LogP contribution is 2.65. The SMILES string of the molecule is C=C(C)[C@H]([C@@H](CC(=O)OC)c1ccccc1)P(=O)(c1ccccc1)C(C)(C)C. The Morgan fingerprint density at radius 1 is 1.04 bits per heavy atom. The maximum atomic E-state index is 14.8. The Labute approximate surface area is 169 Å². The number of rotatable bonds is 7. The summed E-state index contributed by atoms with van der Waals surface area (Å²) < 4.78 is 19.8. The largest absolute Gasteiger partial charge is 0.469 e. The lowest BCUT2D eigenvalue weighted by atomic mass is 9.89. The van der Waals surface area contributed by atoms with Gasteiger partial charge in [0, 0.05) is 22.0 Å². The third-order valence-corrected chi connectivity index (χ3v) is 9.90.